The van der Waals surface area contributed by atoms with Gasteiger partial charge in [0.2, 0.25) is 0 Å². The van der Waals surface area contributed by atoms with Crippen LogP contribution in [0.5, 0.6) is 0 Å². The Morgan fingerprint density at radius 3 is 2.96 bits per heavy atom. The Balaban J connectivity index is 1.38. The largest absolute Gasteiger partial charge is 0.462 e. The molecule has 3 saturated carbocycles. The number of carbonyl (C=O) groups excluding carboxylic acids is 1. The Morgan fingerprint density at radius 1 is 1.20 bits per heavy atom. The van der Waals surface area contributed by atoms with Gasteiger partial charge in [-0.3, -0.25) is 10.1 Å². The molecule has 4 nitrogen and oxygen atoms in total. The summed E-state index contributed by atoms with van der Waals surface area (Å²) in [7, 11) is 0. The number of ether oxygens (including phenoxy) is 2. The molecule has 6 aliphatic rings. The summed E-state index contributed by atoms with van der Waals surface area (Å²) >= 11 is 0. The highest BCUT2D eigenvalue weighted by molar-refractivity contribution is 5.72. The van der Waals surface area contributed by atoms with Crippen molar-refractivity contribution >= 4 is 5.97 Å². The minimum absolute atomic E-state index is 0.0582. The number of nitrogens with one attached hydrogen (secondary N) is 1. The number of esters is 1. The van der Waals surface area contributed by atoms with Crippen LogP contribution in [-0.2, 0) is 14.3 Å². The minimum Gasteiger partial charge on any atom is -0.462 e. The van der Waals surface area contributed by atoms with Gasteiger partial charge in [-0.15, -0.1) is 0 Å². The predicted molar refractivity (Wildman–Crippen MR) is 92.5 cm³/mol. The van der Waals surface area contributed by atoms with Gasteiger partial charge in [-0.1, -0.05) is 13.8 Å². The molecule has 3 aliphatic heterocycles. The normalized spacial score (nSPS) is 61.9. The Bertz CT molecular complexity index is 622. The smallest absolute Gasteiger partial charge is 0.306 e. The van der Waals surface area contributed by atoms with Crippen LogP contribution in [-0.4, -0.2) is 30.9 Å². The first-order valence-corrected chi connectivity index (χ1v) is 10.6. The molecule has 0 aromatic carbocycles. The van der Waals surface area contributed by atoms with Crippen LogP contribution in [0.4, 0.5) is 0 Å². The SMILES string of the molecule is C[C@]12CC[C@H]3[C@@H](CC[C@@H]4C[C@H]5NC[C@H](O5)[C@@]43C)[C@@H]1[C@@H]1OC(=O)C[C@@H]1C2. The van der Waals surface area contributed by atoms with Gasteiger partial charge in [-0.25, -0.2) is 0 Å². The molecule has 10 atom stereocenters. The lowest BCUT2D eigenvalue weighted by atomic mass is 9.45. The van der Waals surface area contributed by atoms with E-state index in [4.69, 9.17) is 9.47 Å². The van der Waals surface area contributed by atoms with Crippen LogP contribution in [0.15, 0.2) is 0 Å². The molecule has 0 aromatic heterocycles. The molecular formula is C21H31NO3. The van der Waals surface area contributed by atoms with E-state index in [1.807, 2.05) is 0 Å². The average molecular weight is 345 g/mol. The summed E-state index contributed by atoms with van der Waals surface area (Å²) in [6.45, 7) is 6.07. The van der Waals surface area contributed by atoms with Gasteiger partial charge in [0.25, 0.3) is 0 Å². The molecule has 6 rings (SSSR count). The molecule has 2 bridgehead atoms. The zero-order valence-electron chi connectivity index (χ0n) is 15.5. The molecule has 3 saturated heterocycles. The summed E-state index contributed by atoms with van der Waals surface area (Å²) in [5, 5.41) is 3.60. The van der Waals surface area contributed by atoms with Gasteiger partial charge in [0.05, 0.1) is 12.5 Å². The van der Waals surface area contributed by atoms with Crippen molar-refractivity contribution in [1.29, 1.82) is 0 Å². The van der Waals surface area contributed by atoms with E-state index in [-0.39, 0.29) is 12.1 Å². The van der Waals surface area contributed by atoms with E-state index >= 15 is 0 Å². The topological polar surface area (TPSA) is 47.6 Å². The highest BCUT2D eigenvalue weighted by Crippen LogP contribution is 2.68. The van der Waals surface area contributed by atoms with Crippen molar-refractivity contribution in [2.24, 2.45) is 40.4 Å². The van der Waals surface area contributed by atoms with Gasteiger partial charge in [-0.2, -0.15) is 0 Å². The zero-order valence-corrected chi connectivity index (χ0v) is 15.5. The molecule has 0 radical (unpaired) electrons. The van der Waals surface area contributed by atoms with Crippen molar-refractivity contribution in [1.82, 2.24) is 5.32 Å². The van der Waals surface area contributed by atoms with Gasteiger partial charge >= 0.3 is 5.97 Å². The van der Waals surface area contributed by atoms with E-state index in [1.165, 1.54) is 38.5 Å². The third-order valence-electron chi connectivity index (χ3n) is 9.63. The first-order chi connectivity index (χ1) is 12.0. The number of hydrogen-bond acceptors (Lipinski definition) is 4. The molecule has 4 heteroatoms. The average Bonchev–Trinajstić information content (AvgIpc) is 3.20. The molecule has 1 N–H and O–H groups in total. The number of fused-ring (bicyclic) bond motifs is 10. The van der Waals surface area contributed by atoms with Crippen molar-refractivity contribution in [2.75, 3.05) is 6.54 Å². The summed E-state index contributed by atoms with van der Waals surface area (Å²) in [5.41, 5.74) is 0.706. The molecule has 0 amide bonds. The molecular weight excluding hydrogens is 314 g/mol. The van der Waals surface area contributed by atoms with Crippen LogP contribution in [0.1, 0.15) is 58.8 Å². The molecule has 138 valence electrons. The summed E-state index contributed by atoms with van der Waals surface area (Å²) in [6.07, 6.45) is 9.32. The van der Waals surface area contributed by atoms with Crippen LogP contribution >= 0.6 is 0 Å². The van der Waals surface area contributed by atoms with Crippen molar-refractivity contribution in [3.05, 3.63) is 0 Å². The Labute approximate surface area is 150 Å². The fourth-order valence-electron chi connectivity index (χ4n) is 8.62. The molecule has 0 spiro atoms. The number of rotatable bonds is 0. The van der Waals surface area contributed by atoms with Crippen molar-refractivity contribution in [2.45, 2.75) is 77.2 Å². The molecule has 3 aliphatic carbocycles. The molecule has 0 aromatic rings. The van der Waals surface area contributed by atoms with Crippen LogP contribution in [0, 0.1) is 40.4 Å². The quantitative estimate of drug-likeness (QED) is 0.685. The third-order valence-corrected chi connectivity index (χ3v) is 9.63. The van der Waals surface area contributed by atoms with E-state index in [1.54, 1.807) is 0 Å². The summed E-state index contributed by atoms with van der Waals surface area (Å²) < 4.78 is 12.3. The van der Waals surface area contributed by atoms with E-state index in [9.17, 15) is 4.79 Å². The lowest BCUT2D eigenvalue weighted by Crippen LogP contribution is -2.59. The van der Waals surface area contributed by atoms with Crippen LogP contribution in [0.3, 0.4) is 0 Å². The number of hydrogen-bond donors (Lipinski definition) is 1. The maximum Gasteiger partial charge on any atom is 0.306 e. The van der Waals surface area contributed by atoms with Gasteiger partial charge < -0.3 is 9.47 Å². The summed E-state index contributed by atoms with van der Waals surface area (Å²) in [5.74, 6) is 3.41. The molecule has 6 fully saturated rings. The van der Waals surface area contributed by atoms with Crippen LogP contribution in [0.2, 0.25) is 0 Å². The van der Waals surface area contributed by atoms with E-state index in [0.29, 0.717) is 41.4 Å². The third kappa shape index (κ3) is 1.83. The lowest BCUT2D eigenvalue weighted by molar-refractivity contribution is -0.199. The van der Waals surface area contributed by atoms with Gasteiger partial charge in [0.1, 0.15) is 12.3 Å². The Morgan fingerprint density at radius 2 is 2.08 bits per heavy atom. The van der Waals surface area contributed by atoms with E-state index < -0.39 is 0 Å². The lowest BCUT2D eigenvalue weighted by Gasteiger charge is -2.61. The Hall–Kier alpha value is -0.610. The first kappa shape index (κ1) is 15.4. The highest BCUT2D eigenvalue weighted by Gasteiger charge is 2.66. The first-order valence-electron chi connectivity index (χ1n) is 10.6. The highest BCUT2D eigenvalue weighted by atomic mass is 16.6. The van der Waals surface area contributed by atoms with Gasteiger partial charge in [-0.05, 0) is 61.7 Å². The van der Waals surface area contributed by atoms with Gasteiger partial charge in [0.15, 0.2) is 0 Å². The summed E-state index contributed by atoms with van der Waals surface area (Å²) in [4.78, 5) is 11.9. The molecule has 25 heavy (non-hydrogen) atoms. The second kappa shape index (κ2) is 4.81. The number of carbonyl (C=O) groups is 1. The maximum absolute atomic E-state index is 11.9. The van der Waals surface area contributed by atoms with Crippen LogP contribution in [0.25, 0.3) is 0 Å². The predicted octanol–water partition coefficient (Wildman–Crippen LogP) is 3.11. The minimum atomic E-state index is 0.0582. The molecule has 3 heterocycles. The van der Waals surface area contributed by atoms with Crippen molar-refractivity contribution in [3.63, 3.8) is 0 Å². The zero-order chi connectivity index (χ0) is 17.0. The maximum atomic E-state index is 11.9. The van der Waals surface area contributed by atoms with Crippen molar-refractivity contribution < 1.29 is 14.3 Å². The second-order valence-corrected chi connectivity index (χ2v) is 10.5. The second-order valence-electron chi connectivity index (χ2n) is 10.5. The standard InChI is InChI=1S/C21H31NO3/c1-20-6-5-14-13(18(20)19-11(9-20)7-17(23)25-19)4-3-12-8-16-22-10-15(24-16)21(12,14)2/h11-16,18-19,22H,3-10H2,1-2H3/t11-,12-,13-,14+,15+,16+,18-,19-,20-,21+/m1/s1. The fourth-order valence-corrected chi connectivity index (χ4v) is 8.62. The summed E-state index contributed by atoms with van der Waals surface area (Å²) in [6, 6.07) is 0. The van der Waals surface area contributed by atoms with Crippen molar-refractivity contribution in [3.8, 4) is 0 Å². The molecule has 0 unspecified atom stereocenters. The van der Waals surface area contributed by atoms with Crippen LogP contribution < -0.4 is 5.32 Å². The fraction of sp³-hybridized carbons (Fsp3) is 0.952. The van der Waals surface area contributed by atoms with Gasteiger partial charge in [0, 0.05) is 23.8 Å². The Kier molecular flexibility index (Phi) is 2.97. The monoisotopic (exact) mass is 345 g/mol. The van der Waals surface area contributed by atoms with E-state index in [0.717, 1.165) is 24.3 Å². The van der Waals surface area contributed by atoms with E-state index in [2.05, 4.69) is 19.2 Å².